The quantitative estimate of drug-likeness (QED) is 0.651. The van der Waals surface area contributed by atoms with Gasteiger partial charge in [0.05, 0.1) is 18.3 Å². The molecule has 1 aromatic carbocycles. The minimum Gasteiger partial charge on any atom is -0.463 e. The van der Waals surface area contributed by atoms with E-state index in [0.717, 1.165) is 36.8 Å². The van der Waals surface area contributed by atoms with E-state index in [1.165, 1.54) is 5.56 Å². The molecule has 6 nitrogen and oxygen atoms in total. The Balaban J connectivity index is 1.50. The molecule has 1 N–H and O–H groups in total. The van der Waals surface area contributed by atoms with Crippen molar-refractivity contribution in [2.75, 3.05) is 0 Å². The second kappa shape index (κ2) is 7.84. The van der Waals surface area contributed by atoms with Crippen LogP contribution in [-0.2, 0) is 17.9 Å². The van der Waals surface area contributed by atoms with Gasteiger partial charge < -0.3 is 19.2 Å². The van der Waals surface area contributed by atoms with Crippen LogP contribution in [0.15, 0.2) is 47.1 Å². The van der Waals surface area contributed by atoms with Crippen LogP contribution in [0.2, 0.25) is 0 Å². The summed E-state index contributed by atoms with van der Waals surface area (Å²) in [5.74, 6) is 0.497. The van der Waals surface area contributed by atoms with E-state index in [1.54, 1.807) is 17.2 Å². The molecule has 2 aromatic heterocycles. The van der Waals surface area contributed by atoms with Gasteiger partial charge in [0.15, 0.2) is 5.58 Å². The fourth-order valence-electron chi connectivity index (χ4n) is 5.14. The number of nitrogens with one attached hydrogen (secondary N) is 1. The van der Waals surface area contributed by atoms with Gasteiger partial charge in [0.2, 0.25) is 5.91 Å². The highest BCUT2D eigenvalue weighted by Crippen LogP contribution is 2.34. The number of furan rings is 1. The SMILES string of the molecule is Cc1ccc(CN2C(=O)c3cc4occc4n3C[C@]2(C)C(=O)NC2CCC(C)CC2)cc1. The van der Waals surface area contributed by atoms with Crippen molar-refractivity contribution in [3.05, 3.63) is 59.5 Å². The Kier molecular flexibility index (Phi) is 5.11. The summed E-state index contributed by atoms with van der Waals surface area (Å²) in [5, 5.41) is 3.29. The molecule has 1 fully saturated rings. The van der Waals surface area contributed by atoms with E-state index >= 15 is 0 Å². The molecule has 1 aliphatic heterocycles. The first kappa shape index (κ1) is 20.9. The molecule has 168 valence electrons. The number of rotatable bonds is 4. The van der Waals surface area contributed by atoms with Gasteiger partial charge in [-0.25, -0.2) is 0 Å². The first-order valence-electron chi connectivity index (χ1n) is 11.6. The second-order valence-corrected chi connectivity index (χ2v) is 9.87. The molecule has 6 heteroatoms. The summed E-state index contributed by atoms with van der Waals surface area (Å²) < 4.78 is 7.49. The monoisotopic (exact) mass is 433 g/mol. The summed E-state index contributed by atoms with van der Waals surface area (Å²) in [6.07, 6.45) is 5.88. The van der Waals surface area contributed by atoms with E-state index in [-0.39, 0.29) is 17.9 Å². The largest absolute Gasteiger partial charge is 0.463 e. The van der Waals surface area contributed by atoms with E-state index in [4.69, 9.17) is 4.42 Å². The highest BCUT2D eigenvalue weighted by molar-refractivity contribution is 6.02. The minimum atomic E-state index is -0.999. The van der Waals surface area contributed by atoms with Crippen LogP contribution in [0.5, 0.6) is 0 Å². The number of hydrogen-bond donors (Lipinski definition) is 1. The maximum atomic E-state index is 13.7. The zero-order valence-electron chi connectivity index (χ0n) is 19.1. The second-order valence-electron chi connectivity index (χ2n) is 9.87. The molecule has 1 aliphatic carbocycles. The van der Waals surface area contributed by atoms with E-state index in [0.29, 0.717) is 30.3 Å². The van der Waals surface area contributed by atoms with E-state index in [1.807, 2.05) is 48.7 Å². The van der Waals surface area contributed by atoms with Gasteiger partial charge in [-0.3, -0.25) is 9.59 Å². The number of aryl methyl sites for hydroxylation is 1. The van der Waals surface area contributed by atoms with E-state index < -0.39 is 5.54 Å². The van der Waals surface area contributed by atoms with Crippen LogP contribution in [0, 0.1) is 12.8 Å². The van der Waals surface area contributed by atoms with Crippen molar-refractivity contribution in [3.8, 4) is 0 Å². The van der Waals surface area contributed by atoms with Gasteiger partial charge in [-0.05, 0) is 51.0 Å². The summed E-state index contributed by atoms with van der Waals surface area (Å²) in [6.45, 7) is 7.00. The number of hydrogen-bond acceptors (Lipinski definition) is 3. The van der Waals surface area contributed by atoms with Gasteiger partial charge in [-0.15, -0.1) is 0 Å². The highest BCUT2D eigenvalue weighted by atomic mass is 16.3. The van der Waals surface area contributed by atoms with Crippen molar-refractivity contribution in [3.63, 3.8) is 0 Å². The van der Waals surface area contributed by atoms with Gasteiger partial charge >= 0.3 is 0 Å². The van der Waals surface area contributed by atoms with Gasteiger partial charge in [0.1, 0.15) is 11.2 Å². The summed E-state index contributed by atoms with van der Waals surface area (Å²) >= 11 is 0. The van der Waals surface area contributed by atoms with Crippen molar-refractivity contribution in [1.82, 2.24) is 14.8 Å². The zero-order valence-corrected chi connectivity index (χ0v) is 19.1. The third-order valence-electron chi connectivity index (χ3n) is 7.35. The normalized spacial score (nSPS) is 25.7. The van der Waals surface area contributed by atoms with Crippen molar-refractivity contribution in [1.29, 1.82) is 0 Å². The van der Waals surface area contributed by atoms with Crippen molar-refractivity contribution in [2.45, 2.75) is 71.1 Å². The Morgan fingerprint density at radius 2 is 1.88 bits per heavy atom. The van der Waals surface area contributed by atoms with Crippen molar-refractivity contribution >= 4 is 22.9 Å². The molecule has 0 radical (unpaired) electrons. The zero-order chi connectivity index (χ0) is 22.5. The summed E-state index contributed by atoms with van der Waals surface area (Å²) in [7, 11) is 0. The Morgan fingerprint density at radius 3 is 2.59 bits per heavy atom. The molecule has 3 heterocycles. The lowest BCUT2D eigenvalue weighted by atomic mass is 9.86. The predicted molar refractivity (Wildman–Crippen MR) is 123 cm³/mol. The van der Waals surface area contributed by atoms with Gasteiger partial charge in [-0.2, -0.15) is 0 Å². The van der Waals surface area contributed by atoms with Crippen LogP contribution in [-0.4, -0.2) is 32.9 Å². The molecule has 1 saturated carbocycles. The molecule has 5 rings (SSSR count). The molecule has 0 bridgehead atoms. The third kappa shape index (κ3) is 3.51. The Bertz CT molecular complexity index is 1150. The Morgan fingerprint density at radius 1 is 1.16 bits per heavy atom. The highest BCUT2D eigenvalue weighted by Gasteiger charge is 2.48. The van der Waals surface area contributed by atoms with E-state index in [2.05, 4.69) is 12.2 Å². The molecule has 2 aliphatic rings. The number of benzene rings is 1. The van der Waals surface area contributed by atoms with E-state index in [9.17, 15) is 9.59 Å². The molecule has 3 aromatic rings. The third-order valence-corrected chi connectivity index (χ3v) is 7.35. The van der Waals surface area contributed by atoms with Crippen LogP contribution in [0.4, 0.5) is 0 Å². The number of aromatic nitrogens is 1. The maximum Gasteiger partial charge on any atom is 0.271 e. The molecule has 0 unspecified atom stereocenters. The Labute approximate surface area is 188 Å². The maximum absolute atomic E-state index is 13.7. The smallest absolute Gasteiger partial charge is 0.271 e. The molecule has 2 amide bonds. The summed E-state index contributed by atoms with van der Waals surface area (Å²) in [6, 6.07) is 12.0. The lowest BCUT2D eigenvalue weighted by molar-refractivity contribution is -0.134. The van der Waals surface area contributed by atoms with Crippen LogP contribution >= 0.6 is 0 Å². The average Bonchev–Trinajstić information content (AvgIpc) is 3.36. The van der Waals surface area contributed by atoms with Gasteiger partial charge in [-0.1, -0.05) is 36.8 Å². The first-order valence-corrected chi connectivity index (χ1v) is 11.6. The molecule has 32 heavy (non-hydrogen) atoms. The molecule has 1 atom stereocenters. The minimum absolute atomic E-state index is 0.0755. The molecule has 0 spiro atoms. The predicted octanol–water partition coefficient (Wildman–Crippen LogP) is 4.65. The van der Waals surface area contributed by atoms with Gasteiger partial charge in [0.25, 0.3) is 5.91 Å². The summed E-state index contributed by atoms with van der Waals surface area (Å²) in [4.78, 5) is 29.2. The number of fused-ring (bicyclic) bond motifs is 3. The fourth-order valence-corrected chi connectivity index (χ4v) is 5.14. The summed E-state index contributed by atoms with van der Waals surface area (Å²) in [5.41, 5.74) is 3.28. The van der Waals surface area contributed by atoms with Gasteiger partial charge in [0, 0.05) is 24.7 Å². The Hall–Kier alpha value is -3.02. The first-order chi connectivity index (χ1) is 15.3. The lowest BCUT2D eigenvalue weighted by Crippen LogP contribution is -2.64. The van der Waals surface area contributed by atoms with Crippen LogP contribution < -0.4 is 5.32 Å². The molecular weight excluding hydrogens is 402 g/mol. The lowest BCUT2D eigenvalue weighted by Gasteiger charge is -2.45. The van der Waals surface area contributed by atoms with Crippen molar-refractivity contribution in [2.24, 2.45) is 5.92 Å². The fraction of sp³-hybridized carbons (Fsp3) is 0.462. The molecular formula is C26H31N3O3. The standard InChI is InChI=1S/C26H31N3O3/c1-17-4-8-19(9-5-17)15-29-24(30)22-14-23-21(12-13-32-23)28(22)16-26(29,3)25(31)27-20-10-6-18(2)7-11-20/h4-5,8-9,12-14,18,20H,6-7,10-11,15-16H2,1-3H3,(H,27,31)/t18?,20?,26-/m1/s1. The number of carbonyl (C=O) groups excluding carboxylic acids is 2. The average molecular weight is 434 g/mol. The molecule has 0 saturated heterocycles. The number of nitrogens with zero attached hydrogens (tertiary/aromatic N) is 2. The van der Waals surface area contributed by atoms with Crippen molar-refractivity contribution < 1.29 is 14.0 Å². The number of amides is 2. The van der Waals surface area contributed by atoms with Crippen LogP contribution in [0.25, 0.3) is 11.1 Å². The number of carbonyl (C=O) groups is 2. The van der Waals surface area contributed by atoms with Crippen LogP contribution in [0.1, 0.15) is 61.1 Å². The van der Waals surface area contributed by atoms with Crippen LogP contribution in [0.3, 0.4) is 0 Å². The topological polar surface area (TPSA) is 67.5 Å².